The smallest absolute Gasteiger partial charge is 0.264 e. The molecule has 3 aromatic carbocycles. The number of benzene rings is 3. The number of nitrogens with zero attached hydrogens (tertiary/aromatic N) is 1. The fourth-order valence-electron chi connectivity index (χ4n) is 4.12. The third-order valence-corrected chi connectivity index (χ3v) is 5.75. The van der Waals surface area contributed by atoms with Gasteiger partial charge in [-0.1, -0.05) is 60.7 Å². The minimum atomic E-state index is -1.93. The number of rotatable bonds is 6. The zero-order valence-corrected chi connectivity index (χ0v) is 17.2. The third kappa shape index (κ3) is 3.44. The number of hydrogen-bond acceptors (Lipinski definition) is 5. The molecule has 0 saturated heterocycles. The highest BCUT2D eigenvalue weighted by molar-refractivity contribution is 6.11. The van der Waals surface area contributed by atoms with Crippen LogP contribution in [0.15, 0.2) is 78.9 Å². The molecule has 1 amide bonds. The molecule has 0 aliphatic carbocycles. The predicted octanol–water partition coefficient (Wildman–Crippen LogP) is 3.94. The quantitative estimate of drug-likeness (QED) is 0.603. The van der Waals surface area contributed by atoms with Crippen LogP contribution in [0, 0.1) is 0 Å². The van der Waals surface area contributed by atoms with Crippen LogP contribution in [0.25, 0.3) is 6.08 Å². The molecule has 0 spiro atoms. The number of Topliss-reactive ketones (excluding diaryl/α,β-unsaturated/α-hetero) is 1. The Kier molecular flexibility index (Phi) is 4.99. The van der Waals surface area contributed by atoms with Crippen molar-refractivity contribution < 1.29 is 24.2 Å². The molecule has 3 aromatic rings. The zero-order chi connectivity index (χ0) is 22.1. The molecule has 1 N–H and O–H groups in total. The maximum atomic E-state index is 13.3. The van der Waals surface area contributed by atoms with Gasteiger partial charge in [-0.05, 0) is 29.8 Å². The molecule has 0 aromatic heterocycles. The summed E-state index contributed by atoms with van der Waals surface area (Å²) >= 11 is 0. The normalized spacial score (nSPS) is 18.9. The first-order valence-corrected chi connectivity index (χ1v) is 10.3. The topological polar surface area (TPSA) is 76.1 Å². The van der Waals surface area contributed by atoms with Crippen molar-refractivity contribution in [2.24, 2.45) is 0 Å². The highest BCUT2D eigenvalue weighted by Gasteiger charge is 2.50. The number of para-hydroxylation sites is 1. The summed E-state index contributed by atoms with van der Waals surface area (Å²) in [6.45, 7) is 0.388. The number of amides is 1. The molecule has 32 heavy (non-hydrogen) atoms. The van der Waals surface area contributed by atoms with E-state index >= 15 is 0 Å². The van der Waals surface area contributed by atoms with Crippen LogP contribution in [-0.4, -0.2) is 30.1 Å². The minimum Gasteiger partial charge on any atom is -0.454 e. The Morgan fingerprint density at radius 2 is 1.75 bits per heavy atom. The molecule has 2 heterocycles. The molecule has 160 valence electrons. The second kappa shape index (κ2) is 7.98. The van der Waals surface area contributed by atoms with Gasteiger partial charge in [0.15, 0.2) is 22.9 Å². The van der Waals surface area contributed by atoms with Crippen LogP contribution in [-0.2, 0) is 10.4 Å². The molecule has 0 bridgehead atoms. The molecule has 6 nitrogen and oxygen atoms in total. The van der Waals surface area contributed by atoms with Gasteiger partial charge in [-0.25, -0.2) is 0 Å². The van der Waals surface area contributed by atoms with E-state index in [4.69, 9.17) is 9.47 Å². The lowest BCUT2D eigenvalue weighted by atomic mass is 9.88. The fourth-order valence-corrected chi connectivity index (χ4v) is 4.12. The van der Waals surface area contributed by atoms with Crippen molar-refractivity contribution in [1.82, 2.24) is 0 Å². The Bertz CT molecular complexity index is 1220. The first kappa shape index (κ1) is 20.0. The van der Waals surface area contributed by atoms with E-state index in [1.807, 2.05) is 48.6 Å². The van der Waals surface area contributed by atoms with Crippen molar-refractivity contribution in [2.75, 3.05) is 18.2 Å². The molecule has 2 aliphatic heterocycles. The molecule has 0 radical (unpaired) electrons. The number of carbonyl (C=O) groups excluding carboxylic acids is 2. The van der Waals surface area contributed by atoms with Gasteiger partial charge in [0.25, 0.3) is 5.91 Å². The molecular weight excluding hydrogens is 406 g/mol. The maximum absolute atomic E-state index is 13.3. The number of fused-ring (bicyclic) bond motifs is 2. The van der Waals surface area contributed by atoms with E-state index in [1.54, 1.807) is 36.4 Å². The SMILES string of the molecule is O=C(C[C@]1(O)C(=O)N(C/C=C/c2ccccc2)c2ccccc21)c1ccc2c(c1)OCO2. The van der Waals surface area contributed by atoms with Crippen molar-refractivity contribution in [3.63, 3.8) is 0 Å². The standard InChI is InChI=1S/C26H21NO5/c28-22(19-12-13-23-24(15-19)32-17-31-23)16-26(30)20-10-4-5-11-21(20)27(25(26)29)14-6-9-18-7-2-1-3-8-18/h1-13,15,30H,14,16-17H2/b9-6+/t26-/m1/s1. The summed E-state index contributed by atoms with van der Waals surface area (Å²) in [5.41, 5.74) is 0.490. The highest BCUT2D eigenvalue weighted by atomic mass is 16.7. The third-order valence-electron chi connectivity index (χ3n) is 5.75. The molecule has 5 rings (SSSR count). The average Bonchev–Trinajstić information content (AvgIpc) is 3.37. The predicted molar refractivity (Wildman–Crippen MR) is 120 cm³/mol. The Labute approximate surface area is 185 Å². The van der Waals surface area contributed by atoms with Crippen LogP contribution >= 0.6 is 0 Å². The van der Waals surface area contributed by atoms with Crippen LogP contribution in [0.3, 0.4) is 0 Å². The second-order valence-electron chi connectivity index (χ2n) is 7.77. The van der Waals surface area contributed by atoms with Gasteiger partial charge >= 0.3 is 0 Å². The monoisotopic (exact) mass is 427 g/mol. The molecule has 1 atom stereocenters. The van der Waals surface area contributed by atoms with Gasteiger partial charge in [0.2, 0.25) is 6.79 Å². The lowest BCUT2D eigenvalue weighted by Gasteiger charge is -2.22. The number of carbonyl (C=O) groups is 2. The maximum Gasteiger partial charge on any atom is 0.264 e. The van der Waals surface area contributed by atoms with E-state index in [0.717, 1.165) is 5.56 Å². The van der Waals surface area contributed by atoms with Crippen LogP contribution in [0.5, 0.6) is 11.5 Å². The van der Waals surface area contributed by atoms with Crippen molar-refractivity contribution in [1.29, 1.82) is 0 Å². The van der Waals surface area contributed by atoms with Crippen LogP contribution in [0.1, 0.15) is 27.9 Å². The van der Waals surface area contributed by atoms with Gasteiger partial charge in [-0.2, -0.15) is 0 Å². The van der Waals surface area contributed by atoms with Gasteiger partial charge in [-0.15, -0.1) is 0 Å². The summed E-state index contributed by atoms with van der Waals surface area (Å²) in [5.74, 6) is 0.189. The molecule has 2 aliphatic rings. The summed E-state index contributed by atoms with van der Waals surface area (Å²) in [6, 6.07) is 21.7. The van der Waals surface area contributed by atoms with Gasteiger partial charge < -0.3 is 19.5 Å². The number of anilines is 1. The van der Waals surface area contributed by atoms with Crippen LogP contribution in [0.4, 0.5) is 5.69 Å². The molecule has 6 heteroatoms. The van der Waals surface area contributed by atoms with E-state index in [9.17, 15) is 14.7 Å². The molecular formula is C26H21NO5. The first-order valence-electron chi connectivity index (χ1n) is 10.3. The number of ether oxygens (including phenoxy) is 2. The van der Waals surface area contributed by atoms with Crippen LogP contribution in [0.2, 0.25) is 0 Å². The molecule has 0 saturated carbocycles. The van der Waals surface area contributed by atoms with Gasteiger partial charge in [0.05, 0.1) is 12.1 Å². The number of ketones is 1. The van der Waals surface area contributed by atoms with Gasteiger partial charge in [-0.3, -0.25) is 9.59 Å². The van der Waals surface area contributed by atoms with Crippen LogP contribution < -0.4 is 14.4 Å². The fraction of sp³-hybridized carbons (Fsp3) is 0.154. The number of aliphatic hydroxyl groups is 1. The molecule has 0 unspecified atom stereocenters. The van der Waals surface area contributed by atoms with E-state index < -0.39 is 11.5 Å². The van der Waals surface area contributed by atoms with E-state index in [0.29, 0.717) is 28.3 Å². The largest absolute Gasteiger partial charge is 0.454 e. The average molecular weight is 427 g/mol. The Morgan fingerprint density at radius 3 is 2.59 bits per heavy atom. The highest BCUT2D eigenvalue weighted by Crippen LogP contribution is 2.43. The van der Waals surface area contributed by atoms with Crippen molar-refractivity contribution in [2.45, 2.75) is 12.0 Å². The Balaban J connectivity index is 1.40. The summed E-state index contributed by atoms with van der Waals surface area (Å²) in [4.78, 5) is 27.9. The lowest BCUT2D eigenvalue weighted by molar-refractivity contribution is -0.135. The van der Waals surface area contributed by atoms with Gasteiger partial charge in [0.1, 0.15) is 0 Å². The summed E-state index contributed by atoms with van der Waals surface area (Å²) < 4.78 is 10.6. The lowest BCUT2D eigenvalue weighted by Crippen LogP contribution is -2.42. The van der Waals surface area contributed by atoms with E-state index in [-0.39, 0.29) is 25.5 Å². The van der Waals surface area contributed by atoms with Crippen molar-refractivity contribution in [3.8, 4) is 11.5 Å². The van der Waals surface area contributed by atoms with Gasteiger partial charge in [0, 0.05) is 17.7 Å². The first-order chi connectivity index (χ1) is 15.6. The Morgan fingerprint density at radius 1 is 1.00 bits per heavy atom. The number of hydrogen-bond donors (Lipinski definition) is 1. The second-order valence-corrected chi connectivity index (χ2v) is 7.77. The molecule has 0 fully saturated rings. The summed E-state index contributed by atoms with van der Waals surface area (Å²) in [7, 11) is 0. The Hall–Kier alpha value is -3.90. The van der Waals surface area contributed by atoms with Crippen molar-refractivity contribution >= 4 is 23.5 Å². The summed E-state index contributed by atoms with van der Waals surface area (Å²) in [6.07, 6.45) is 3.43. The van der Waals surface area contributed by atoms with Crippen molar-refractivity contribution in [3.05, 3.63) is 95.6 Å². The zero-order valence-electron chi connectivity index (χ0n) is 17.2. The minimum absolute atomic E-state index is 0.105. The van der Waals surface area contributed by atoms with E-state index in [2.05, 4.69) is 0 Å². The summed E-state index contributed by atoms with van der Waals surface area (Å²) in [5, 5.41) is 11.4. The van der Waals surface area contributed by atoms with E-state index in [1.165, 1.54) is 4.90 Å².